The SMILES string of the molecule is O=C(c1cccc(Br)c1F)N1CCCC(c2n[nH]c(=O)[nH]2)C1. The Morgan fingerprint density at radius 2 is 2.27 bits per heavy atom. The summed E-state index contributed by atoms with van der Waals surface area (Å²) in [5, 5.41) is 6.25. The predicted molar refractivity (Wildman–Crippen MR) is 81.2 cm³/mol. The van der Waals surface area contributed by atoms with E-state index in [1.807, 2.05) is 0 Å². The lowest BCUT2D eigenvalue weighted by Gasteiger charge is -2.31. The lowest BCUT2D eigenvalue weighted by molar-refractivity contribution is 0.0699. The molecule has 1 aromatic heterocycles. The molecule has 1 unspecified atom stereocenters. The second-order valence-electron chi connectivity index (χ2n) is 5.25. The highest BCUT2D eigenvalue weighted by atomic mass is 79.9. The Hall–Kier alpha value is -1.96. The molecule has 8 heteroatoms. The van der Waals surface area contributed by atoms with Gasteiger partial charge in [0.2, 0.25) is 0 Å². The summed E-state index contributed by atoms with van der Waals surface area (Å²) in [6.45, 7) is 0.974. The monoisotopic (exact) mass is 368 g/mol. The number of piperidine rings is 1. The molecule has 1 saturated heterocycles. The summed E-state index contributed by atoms with van der Waals surface area (Å²) >= 11 is 3.09. The third kappa shape index (κ3) is 2.83. The van der Waals surface area contributed by atoms with E-state index in [0.717, 1.165) is 12.8 Å². The van der Waals surface area contributed by atoms with E-state index in [0.29, 0.717) is 18.9 Å². The number of hydrogen-bond acceptors (Lipinski definition) is 3. The third-order valence-electron chi connectivity index (χ3n) is 3.80. The molecule has 2 heterocycles. The summed E-state index contributed by atoms with van der Waals surface area (Å²) < 4.78 is 14.3. The van der Waals surface area contributed by atoms with Crippen LogP contribution in [-0.4, -0.2) is 39.1 Å². The second kappa shape index (κ2) is 6.04. The standard InChI is InChI=1S/C14H14BrFN4O2/c15-10-5-1-4-9(11(10)16)13(21)20-6-2-3-8(7-20)12-17-14(22)19-18-12/h1,4-5,8H,2-3,6-7H2,(H2,17,18,19,22). The molecule has 0 radical (unpaired) electrons. The van der Waals surface area contributed by atoms with Gasteiger partial charge < -0.3 is 4.90 Å². The summed E-state index contributed by atoms with van der Waals surface area (Å²) in [5.74, 6) is -0.409. The van der Waals surface area contributed by atoms with Gasteiger partial charge in [0.25, 0.3) is 5.91 Å². The number of halogens is 2. The molecule has 0 spiro atoms. The largest absolute Gasteiger partial charge is 0.340 e. The molecular weight excluding hydrogens is 355 g/mol. The maximum atomic E-state index is 14.1. The molecule has 1 fully saturated rings. The van der Waals surface area contributed by atoms with Gasteiger partial charge >= 0.3 is 5.69 Å². The van der Waals surface area contributed by atoms with Crippen LogP contribution in [0, 0.1) is 5.82 Å². The summed E-state index contributed by atoms with van der Waals surface area (Å²) in [6.07, 6.45) is 1.60. The smallest absolute Gasteiger partial charge is 0.338 e. The van der Waals surface area contributed by atoms with Crippen LogP contribution in [0.1, 0.15) is 34.9 Å². The van der Waals surface area contributed by atoms with Crippen LogP contribution in [0.3, 0.4) is 0 Å². The van der Waals surface area contributed by atoms with Gasteiger partial charge in [-0.15, -0.1) is 0 Å². The minimum atomic E-state index is -0.553. The van der Waals surface area contributed by atoms with E-state index in [1.54, 1.807) is 17.0 Å². The minimum Gasteiger partial charge on any atom is -0.338 e. The average Bonchev–Trinajstić information content (AvgIpc) is 2.96. The highest BCUT2D eigenvalue weighted by molar-refractivity contribution is 9.10. The Morgan fingerprint density at radius 1 is 1.45 bits per heavy atom. The Kier molecular flexibility index (Phi) is 4.10. The van der Waals surface area contributed by atoms with Crippen LogP contribution in [0.2, 0.25) is 0 Å². The van der Waals surface area contributed by atoms with Gasteiger partial charge in [-0.25, -0.2) is 14.3 Å². The summed E-state index contributed by atoms with van der Waals surface area (Å²) in [6, 6.07) is 4.66. The number of rotatable bonds is 2. The van der Waals surface area contributed by atoms with Gasteiger partial charge in [-0.2, -0.15) is 5.10 Å². The molecule has 1 aliphatic rings. The number of nitrogens with zero attached hydrogens (tertiary/aromatic N) is 2. The fourth-order valence-corrected chi connectivity index (χ4v) is 3.07. The van der Waals surface area contributed by atoms with Crippen molar-refractivity contribution in [2.75, 3.05) is 13.1 Å². The van der Waals surface area contributed by atoms with Crippen LogP contribution in [0.25, 0.3) is 0 Å². The summed E-state index contributed by atoms with van der Waals surface area (Å²) in [7, 11) is 0. The number of aromatic amines is 2. The normalized spacial score (nSPS) is 18.5. The molecule has 2 aromatic rings. The lowest BCUT2D eigenvalue weighted by atomic mass is 9.96. The van der Waals surface area contributed by atoms with Crippen LogP contribution < -0.4 is 5.69 Å². The number of nitrogens with one attached hydrogen (secondary N) is 2. The zero-order valence-corrected chi connectivity index (χ0v) is 13.2. The minimum absolute atomic E-state index is 0.0468. The fourth-order valence-electron chi connectivity index (χ4n) is 2.70. The molecule has 6 nitrogen and oxygen atoms in total. The van der Waals surface area contributed by atoms with Crippen molar-refractivity contribution in [2.24, 2.45) is 0 Å². The molecule has 1 amide bonds. The molecule has 3 rings (SSSR count). The van der Waals surface area contributed by atoms with Crippen LogP contribution in [0.5, 0.6) is 0 Å². The number of amides is 1. The van der Waals surface area contributed by atoms with Crippen molar-refractivity contribution in [3.63, 3.8) is 0 Å². The zero-order valence-electron chi connectivity index (χ0n) is 11.6. The van der Waals surface area contributed by atoms with E-state index in [-0.39, 0.29) is 27.6 Å². The van der Waals surface area contributed by atoms with E-state index in [2.05, 4.69) is 31.1 Å². The fraction of sp³-hybridized carbons (Fsp3) is 0.357. The van der Waals surface area contributed by atoms with Gasteiger partial charge in [0.05, 0.1) is 10.0 Å². The number of H-pyrrole nitrogens is 2. The van der Waals surface area contributed by atoms with Crippen molar-refractivity contribution in [2.45, 2.75) is 18.8 Å². The van der Waals surface area contributed by atoms with Crippen LogP contribution in [-0.2, 0) is 0 Å². The van der Waals surface area contributed by atoms with Crippen molar-refractivity contribution in [1.29, 1.82) is 0 Å². The van der Waals surface area contributed by atoms with Crippen molar-refractivity contribution in [1.82, 2.24) is 20.1 Å². The summed E-state index contributed by atoms with van der Waals surface area (Å²) in [5.41, 5.74) is -0.318. The molecule has 0 saturated carbocycles. The highest BCUT2D eigenvalue weighted by Gasteiger charge is 2.28. The highest BCUT2D eigenvalue weighted by Crippen LogP contribution is 2.26. The van der Waals surface area contributed by atoms with E-state index >= 15 is 0 Å². The lowest BCUT2D eigenvalue weighted by Crippen LogP contribution is -2.39. The van der Waals surface area contributed by atoms with E-state index < -0.39 is 5.82 Å². The molecule has 1 atom stereocenters. The Balaban J connectivity index is 1.81. The number of likely N-dealkylation sites (tertiary alicyclic amines) is 1. The molecule has 2 N–H and O–H groups in total. The molecule has 0 bridgehead atoms. The number of carbonyl (C=O) groups is 1. The number of aromatic nitrogens is 3. The topological polar surface area (TPSA) is 81.8 Å². The van der Waals surface area contributed by atoms with E-state index in [1.165, 1.54) is 6.07 Å². The number of benzene rings is 1. The quantitative estimate of drug-likeness (QED) is 0.850. The maximum Gasteiger partial charge on any atom is 0.340 e. The Labute approximate surface area is 133 Å². The first-order valence-electron chi connectivity index (χ1n) is 6.94. The Bertz CT molecular complexity index is 757. The van der Waals surface area contributed by atoms with Crippen molar-refractivity contribution in [3.05, 3.63) is 50.4 Å². The van der Waals surface area contributed by atoms with Gasteiger partial charge in [0, 0.05) is 19.0 Å². The number of carbonyl (C=O) groups excluding carboxylic acids is 1. The second-order valence-corrected chi connectivity index (χ2v) is 6.11. The van der Waals surface area contributed by atoms with Gasteiger partial charge in [0.1, 0.15) is 11.6 Å². The van der Waals surface area contributed by atoms with Gasteiger partial charge in [0.15, 0.2) is 0 Å². The van der Waals surface area contributed by atoms with Crippen LogP contribution in [0.4, 0.5) is 4.39 Å². The van der Waals surface area contributed by atoms with Crippen molar-refractivity contribution < 1.29 is 9.18 Å². The molecule has 1 aliphatic heterocycles. The first-order valence-corrected chi connectivity index (χ1v) is 7.73. The van der Waals surface area contributed by atoms with E-state index in [4.69, 9.17) is 0 Å². The van der Waals surface area contributed by atoms with Gasteiger partial charge in [-0.3, -0.25) is 9.78 Å². The maximum absolute atomic E-state index is 14.1. The average molecular weight is 369 g/mol. The number of hydrogen-bond donors (Lipinski definition) is 2. The van der Waals surface area contributed by atoms with Gasteiger partial charge in [-0.05, 0) is 40.9 Å². The molecular formula is C14H14BrFN4O2. The van der Waals surface area contributed by atoms with Crippen LogP contribution in [0.15, 0.2) is 27.5 Å². The zero-order chi connectivity index (χ0) is 15.7. The molecule has 22 heavy (non-hydrogen) atoms. The molecule has 1 aromatic carbocycles. The molecule has 0 aliphatic carbocycles. The molecule has 116 valence electrons. The van der Waals surface area contributed by atoms with Gasteiger partial charge in [-0.1, -0.05) is 6.07 Å². The van der Waals surface area contributed by atoms with E-state index in [9.17, 15) is 14.0 Å². The first kappa shape index (κ1) is 15.0. The van der Waals surface area contributed by atoms with Crippen LogP contribution >= 0.6 is 15.9 Å². The Morgan fingerprint density at radius 3 is 3.00 bits per heavy atom. The first-order chi connectivity index (χ1) is 10.6. The third-order valence-corrected chi connectivity index (χ3v) is 4.41. The predicted octanol–water partition coefficient (Wildman–Crippen LogP) is 2.02. The van der Waals surface area contributed by atoms with Crippen molar-refractivity contribution >= 4 is 21.8 Å². The summed E-state index contributed by atoms with van der Waals surface area (Å²) in [4.78, 5) is 27.9. The van der Waals surface area contributed by atoms with Crippen molar-refractivity contribution in [3.8, 4) is 0 Å².